The van der Waals surface area contributed by atoms with Gasteiger partial charge in [-0.1, -0.05) is 19.3 Å². The van der Waals surface area contributed by atoms with E-state index in [2.05, 4.69) is 5.32 Å². The van der Waals surface area contributed by atoms with E-state index in [0.29, 0.717) is 40.7 Å². The van der Waals surface area contributed by atoms with Gasteiger partial charge in [-0.2, -0.15) is 0 Å². The van der Waals surface area contributed by atoms with Gasteiger partial charge in [0.25, 0.3) is 0 Å². The Bertz CT molecular complexity index is 1050. The van der Waals surface area contributed by atoms with Gasteiger partial charge in [0.05, 0.1) is 32.3 Å². The second-order valence-electron chi connectivity index (χ2n) is 10.8. The minimum absolute atomic E-state index is 0.0255. The number of fused-ring (bicyclic) bond motifs is 3. The highest BCUT2D eigenvalue weighted by Crippen LogP contribution is 2.51. The van der Waals surface area contributed by atoms with Gasteiger partial charge < -0.3 is 35.0 Å². The van der Waals surface area contributed by atoms with Crippen molar-refractivity contribution in [2.24, 2.45) is 11.8 Å². The van der Waals surface area contributed by atoms with Crippen LogP contribution in [0.2, 0.25) is 0 Å². The fourth-order valence-corrected chi connectivity index (χ4v) is 6.19. The van der Waals surface area contributed by atoms with Crippen molar-refractivity contribution in [3.63, 3.8) is 0 Å². The van der Waals surface area contributed by atoms with Crippen LogP contribution >= 0.6 is 0 Å². The lowest BCUT2D eigenvalue weighted by Crippen LogP contribution is -2.57. The van der Waals surface area contributed by atoms with Gasteiger partial charge in [0.15, 0.2) is 11.5 Å². The predicted octanol–water partition coefficient (Wildman–Crippen LogP) is 1.63. The SMILES string of the molecule is COc1cc(CO)cc2c1O[C@@H]1[C@@H](O)[C@H](N(CC3CCCCC3)C(=O)C3CC3)C=C(C(=O)NCCO)[C@H]21. The molecule has 2 saturated carbocycles. The van der Waals surface area contributed by atoms with E-state index in [1.165, 1.54) is 13.5 Å². The van der Waals surface area contributed by atoms with Crippen LogP contribution in [0.15, 0.2) is 23.8 Å². The Labute approximate surface area is 217 Å². The molecule has 1 aliphatic heterocycles. The maximum absolute atomic E-state index is 13.5. The van der Waals surface area contributed by atoms with Crippen LogP contribution < -0.4 is 14.8 Å². The van der Waals surface area contributed by atoms with Gasteiger partial charge in [-0.25, -0.2) is 0 Å². The van der Waals surface area contributed by atoms with Crippen LogP contribution in [0.25, 0.3) is 0 Å². The molecular formula is C28H38N2O7. The van der Waals surface area contributed by atoms with E-state index < -0.39 is 24.2 Å². The first kappa shape index (κ1) is 26.0. The summed E-state index contributed by atoms with van der Waals surface area (Å²) in [6, 6.07) is 2.75. The number of methoxy groups -OCH3 is 1. The fourth-order valence-electron chi connectivity index (χ4n) is 6.19. The molecule has 9 heteroatoms. The van der Waals surface area contributed by atoms with Gasteiger partial charge in [-0.3, -0.25) is 9.59 Å². The predicted molar refractivity (Wildman–Crippen MR) is 135 cm³/mol. The Balaban J connectivity index is 1.55. The first-order valence-corrected chi connectivity index (χ1v) is 13.5. The van der Waals surface area contributed by atoms with Crippen molar-refractivity contribution in [1.82, 2.24) is 10.2 Å². The average Bonchev–Trinajstić information content (AvgIpc) is 3.70. The number of hydrogen-bond donors (Lipinski definition) is 4. The molecule has 4 atom stereocenters. The van der Waals surface area contributed by atoms with Gasteiger partial charge in [0, 0.05) is 30.1 Å². The van der Waals surface area contributed by atoms with Crippen molar-refractivity contribution in [1.29, 1.82) is 0 Å². The standard InChI is InChI=1S/C28H38N2O7/c1-36-22-12-17(15-32)11-19-23-20(27(34)29-9-10-31)13-21(24(33)26(23)37-25(19)22)30(28(35)18-7-8-18)14-16-5-3-2-4-6-16/h11-13,16,18,21,23-24,26,31-33H,2-10,14-15H2,1H3,(H,29,34)/t21-,23+,24+,26+/m1/s1. The number of aliphatic hydroxyl groups excluding tert-OH is 3. The quantitative estimate of drug-likeness (QED) is 0.394. The summed E-state index contributed by atoms with van der Waals surface area (Å²) in [4.78, 5) is 28.7. The second kappa shape index (κ2) is 11.0. The van der Waals surface area contributed by atoms with Crippen LogP contribution in [-0.4, -0.2) is 77.1 Å². The number of carbonyl (C=O) groups excluding carboxylic acids is 2. The first-order chi connectivity index (χ1) is 18.0. The summed E-state index contributed by atoms with van der Waals surface area (Å²) in [7, 11) is 1.51. The molecule has 3 aliphatic carbocycles. The van der Waals surface area contributed by atoms with Gasteiger partial charge >= 0.3 is 0 Å². The third-order valence-corrected chi connectivity index (χ3v) is 8.24. The molecule has 1 aromatic carbocycles. The zero-order valence-corrected chi connectivity index (χ0v) is 21.4. The van der Waals surface area contributed by atoms with Crippen molar-refractivity contribution in [3.8, 4) is 11.5 Å². The smallest absolute Gasteiger partial charge is 0.247 e. The van der Waals surface area contributed by atoms with Crippen LogP contribution in [-0.2, 0) is 16.2 Å². The Kier molecular flexibility index (Phi) is 7.74. The number of nitrogens with zero attached hydrogens (tertiary/aromatic N) is 1. The Hall–Kier alpha value is -2.62. The third kappa shape index (κ3) is 5.09. The number of amides is 2. The average molecular weight is 515 g/mol. The van der Waals surface area contributed by atoms with Crippen molar-refractivity contribution in [3.05, 3.63) is 34.9 Å². The van der Waals surface area contributed by atoms with E-state index in [0.717, 1.165) is 38.5 Å². The van der Waals surface area contributed by atoms with E-state index in [1.54, 1.807) is 23.1 Å². The first-order valence-electron chi connectivity index (χ1n) is 13.5. The topological polar surface area (TPSA) is 129 Å². The Morgan fingerprint density at radius 2 is 1.89 bits per heavy atom. The van der Waals surface area contributed by atoms with E-state index in [9.17, 15) is 24.9 Å². The highest BCUT2D eigenvalue weighted by molar-refractivity contribution is 5.96. The fraction of sp³-hybridized carbons (Fsp3) is 0.643. The molecule has 1 aromatic rings. The largest absolute Gasteiger partial charge is 0.493 e. The molecule has 0 aromatic heterocycles. The lowest BCUT2D eigenvalue weighted by molar-refractivity contribution is -0.139. The summed E-state index contributed by atoms with van der Waals surface area (Å²) in [5.41, 5.74) is 1.65. The van der Waals surface area contributed by atoms with E-state index in [-0.39, 0.29) is 37.5 Å². The maximum atomic E-state index is 13.5. The number of ether oxygens (including phenoxy) is 2. The summed E-state index contributed by atoms with van der Waals surface area (Å²) in [6.45, 7) is 0.221. The monoisotopic (exact) mass is 514 g/mol. The molecule has 0 unspecified atom stereocenters. The molecule has 9 nitrogen and oxygen atoms in total. The molecule has 4 aliphatic rings. The summed E-state index contributed by atoms with van der Waals surface area (Å²) in [5, 5.41) is 33.6. The van der Waals surface area contributed by atoms with Crippen molar-refractivity contribution in [2.75, 3.05) is 26.8 Å². The van der Waals surface area contributed by atoms with Crippen molar-refractivity contribution in [2.45, 2.75) is 75.7 Å². The highest BCUT2D eigenvalue weighted by atomic mass is 16.5. The van der Waals surface area contributed by atoms with E-state index in [1.807, 2.05) is 0 Å². The number of benzene rings is 1. The van der Waals surface area contributed by atoms with Crippen LogP contribution in [0, 0.1) is 11.8 Å². The molecule has 0 saturated heterocycles. The molecule has 2 amide bonds. The van der Waals surface area contributed by atoms with Crippen LogP contribution in [0.4, 0.5) is 0 Å². The number of aliphatic hydroxyl groups is 3. The minimum Gasteiger partial charge on any atom is -0.493 e. The third-order valence-electron chi connectivity index (χ3n) is 8.24. The van der Waals surface area contributed by atoms with Crippen molar-refractivity contribution < 1.29 is 34.4 Å². The van der Waals surface area contributed by atoms with Gasteiger partial charge in [0.2, 0.25) is 11.8 Å². The Morgan fingerprint density at radius 1 is 1.14 bits per heavy atom. The Morgan fingerprint density at radius 3 is 2.54 bits per heavy atom. The number of nitrogens with one attached hydrogen (secondary N) is 1. The van der Waals surface area contributed by atoms with E-state index in [4.69, 9.17) is 9.47 Å². The molecule has 5 rings (SSSR count). The normalized spacial score (nSPS) is 27.0. The lowest BCUT2D eigenvalue weighted by Gasteiger charge is -2.42. The molecule has 4 N–H and O–H groups in total. The number of carbonyl (C=O) groups is 2. The van der Waals surface area contributed by atoms with Gasteiger partial charge in [-0.05, 0) is 55.4 Å². The minimum atomic E-state index is -1.06. The second-order valence-corrected chi connectivity index (χ2v) is 10.8. The molecule has 2 fully saturated rings. The summed E-state index contributed by atoms with van der Waals surface area (Å²) < 4.78 is 11.8. The summed E-state index contributed by atoms with van der Waals surface area (Å²) in [6.07, 6.45) is 7.19. The summed E-state index contributed by atoms with van der Waals surface area (Å²) >= 11 is 0. The molecule has 1 heterocycles. The molecule has 37 heavy (non-hydrogen) atoms. The van der Waals surface area contributed by atoms with Gasteiger partial charge in [-0.15, -0.1) is 0 Å². The van der Waals surface area contributed by atoms with E-state index >= 15 is 0 Å². The van der Waals surface area contributed by atoms with Crippen LogP contribution in [0.1, 0.15) is 62.0 Å². The number of rotatable bonds is 9. The molecule has 0 bridgehead atoms. The van der Waals surface area contributed by atoms with Crippen molar-refractivity contribution >= 4 is 11.8 Å². The summed E-state index contributed by atoms with van der Waals surface area (Å²) in [5.74, 6) is 0.258. The maximum Gasteiger partial charge on any atom is 0.247 e. The number of hydrogen-bond acceptors (Lipinski definition) is 7. The molecule has 202 valence electrons. The zero-order chi connectivity index (χ0) is 26.1. The van der Waals surface area contributed by atoms with Crippen LogP contribution in [0.5, 0.6) is 11.5 Å². The molecular weight excluding hydrogens is 476 g/mol. The zero-order valence-electron chi connectivity index (χ0n) is 21.4. The van der Waals surface area contributed by atoms with Gasteiger partial charge in [0.1, 0.15) is 12.2 Å². The molecule has 0 radical (unpaired) electrons. The molecule has 0 spiro atoms. The lowest BCUT2D eigenvalue weighted by atomic mass is 9.76. The van der Waals surface area contributed by atoms with Crippen LogP contribution in [0.3, 0.4) is 0 Å². The highest BCUT2D eigenvalue weighted by Gasteiger charge is 2.52.